The Bertz CT molecular complexity index is 672. The van der Waals surface area contributed by atoms with Gasteiger partial charge in [0.05, 0.1) is 21.2 Å². The second-order valence-corrected chi connectivity index (χ2v) is 7.91. The molecule has 1 atom stereocenters. The van der Waals surface area contributed by atoms with Crippen molar-refractivity contribution < 1.29 is 18.3 Å². The van der Waals surface area contributed by atoms with Gasteiger partial charge in [0.15, 0.2) is 9.84 Å². The highest BCUT2D eigenvalue weighted by atomic mass is 35.5. The first-order chi connectivity index (χ1) is 9.71. The zero-order valence-corrected chi connectivity index (χ0v) is 13.5. The summed E-state index contributed by atoms with van der Waals surface area (Å²) >= 11 is 6.21. The SMILES string of the molecule is CC1CCCN(c2c(S(C)(=O)=O)ccc(C(=O)O)c2Cl)C1. The highest BCUT2D eigenvalue weighted by molar-refractivity contribution is 7.90. The minimum absolute atomic E-state index is 0.000440. The lowest BCUT2D eigenvalue weighted by Gasteiger charge is -2.34. The minimum atomic E-state index is -3.48. The maximum atomic E-state index is 12.0. The van der Waals surface area contributed by atoms with E-state index in [-0.39, 0.29) is 15.5 Å². The first-order valence-electron chi connectivity index (χ1n) is 6.72. The molecule has 1 aliphatic heterocycles. The summed E-state index contributed by atoms with van der Waals surface area (Å²) < 4.78 is 24.0. The Morgan fingerprint density at radius 2 is 2.10 bits per heavy atom. The molecule has 0 radical (unpaired) electrons. The highest BCUT2D eigenvalue weighted by Gasteiger charge is 2.27. The van der Waals surface area contributed by atoms with Gasteiger partial charge >= 0.3 is 5.97 Å². The van der Waals surface area contributed by atoms with Crippen molar-refractivity contribution in [1.29, 1.82) is 0 Å². The van der Waals surface area contributed by atoms with Gasteiger partial charge in [0.2, 0.25) is 0 Å². The molecule has 0 bridgehead atoms. The molecule has 1 unspecified atom stereocenters. The van der Waals surface area contributed by atoms with Crippen molar-refractivity contribution in [3.05, 3.63) is 22.7 Å². The second-order valence-electron chi connectivity index (χ2n) is 5.54. The number of anilines is 1. The molecule has 1 saturated heterocycles. The molecule has 0 aromatic heterocycles. The molecule has 1 heterocycles. The van der Waals surface area contributed by atoms with Gasteiger partial charge in [-0.05, 0) is 30.9 Å². The van der Waals surface area contributed by atoms with E-state index < -0.39 is 15.8 Å². The molecular formula is C14H18ClNO4S. The van der Waals surface area contributed by atoms with Crippen LogP contribution >= 0.6 is 11.6 Å². The highest BCUT2D eigenvalue weighted by Crippen LogP contribution is 2.38. The number of nitrogens with zero attached hydrogens (tertiary/aromatic N) is 1. The number of carboxylic acids is 1. The minimum Gasteiger partial charge on any atom is -0.478 e. The quantitative estimate of drug-likeness (QED) is 0.921. The van der Waals surface area contributed by atoms with Gasteiger partial charge in [-0.15, -0.1) is 0 Å². The zero-order valence-electron chi connectivity index (χ0n) is 12.0. The van der Waals surface area contributed by atoms with Gasteiger partial charge in [0.1, 0.15) is 0 Å². The monoisotopic (exact) mass is 331 g/mol. The van der Waals surface area contributed by atoms with Crippen molar-refractivity contribution in [2.75, 3.05) is 24.2 Å². The van der Waals surface area contributed by atoms with E-state index in [1.54, 1.807) is 0 Å². The Morgan fingerprint density at radius 3 is 2.62 bits per heavy atom. The van der Waals surface area contributed by atoms with Gasteiger partial charge in [-0.2, -0.15) is 0 Å². The fourth-order valence-corrected chi connectivity index (χ4v) is 4.02. The average molecular weight is 332 g/mol. The molecule has 0 aliphatic carbocycles. The Kier molecular flexibility index (Phi) is 4.49. The van der Waals surface area contributed by atoms with Crippen molar-refractivity contribution >= 4 is 33.1 Å². The Hall–Kier alpha value is -1.27. The third kappa shape index (κ3) is 3.32. The normalized spacial score (nSPS) is 19.6. The third-order valence-electron chi connectivity index (χ3n) is 3.68. The van der Waals surface area contributed by atoms with Crippen LogP contribution in [0, 0.1) is 5.92 Å². The number of halogens is 1. The van der Waals surface area contributed by atoms with E-state index >= 15 is 0 Å². The summed E-state index contributed by atoms with van der Waals surface area (Å²) in [5.41, 5.74) is 0.253. The van der Waals surface area contributed by atoms with E-state index in [0.29, 0.717) is 24.7 Å². The van der Waals surface area contributed by atoms with Gasteiger partial charge < -0.3 is 10.0 Å². The smallest absolute Gasteiger partial charge is 0.337 e. The van der Waals surface area contributed by atoms with Gasteiger partial charge in [0, 0.05) is 19.3 Å². The largest absolute Gasteiger partial charge is 0.478 e. The topological polar surface area (TPSA) is 74.7 Å². The van der Waals surface area contributed by atoms with Crippen molar-refractivity contribution in [1.82, 2.24) is 0 Å². The van der Waals surface area contributed by atoms with Crippen LogP contribution in [0.5, 0.6) is 0 Å². The van der Waals surface area contributed by atoms with Crippen LogP contribution in [-0.2, 0) is 9.84 Å². The molecule has 21 heavy (non-hydrogen) atoms. The molecule has 2 rings (SSSR count). The van der Waals surface area contributed by atoms with Gasteiger partial charge in [-0.25, -0.2) is 13.2 Å². The lowest BCUT2D eigenvalue weighted by atomic mass is 9.99. The van der Waals surface area contributed by atoms with Crippen LogP contribution < -0.4 is 4.90 Å². The van der Waals surface area contributed by atoms with E-state index in [1.807, 2.05) is 4.90 Å². The number of benzene rings is 1. The number of carboxylic acid groups (broad SMARTS) is 1. The summed E-state index contributed by atoms with van der Waals surface area (Å²) in [5.74, 6) is -0.748. The summed E-state index contributed by atoms with van der Waals surface area (Å²) in [7, 11) is -3.48. The lowest BCUT2D eigenvalue weighted by Crippen LogP contribution is -2.35. The van der Waals surface area contributed by atoms with Crippen LogP contribution in [0.3, 0.4) is 0 Å². The number of hydrogen-bond acceptors (Lipinski definition) is 4. The molecule has 1 N–H and O–H groups in total. The Labute approximate surface area is 129 Å². The predicted octanol–water partition coefficient (Wildman–Crippen LogP) is 2.68. The molecular weight excluding hydrogens is 314 g/mol. The number of aromatic carboxylic acids is 1. The van der Waals surface area contributed by atoms with E-state index in [9.17, 15) is 18.3 Å². The van der Waals surface area contributed by atoms with Crippen LogP contribution in [0.1, 0.15) is 30.1 Å². The van der Waals surface area contributed by atoms with Crippen LogP contribution in [0.4, 0.5) is 5.69 Å². The van der Waals surface area contributed by atoms with Crippen molar-refractivity contribution in [2.45, 2.75) is 24.7 Å². The summed E-state index contributed by atoms with van der Waals surface area (Å²) in [6.07, 6.45) is 3.11. The predicted molar refractivity (Wildman–Crippen MR) is 82.1 cm³/mol. The molecule has 5 nitrogen and oxygen atoms in total. The Morgan fingerprint density at radius 1 is 1.43 bits per heavy atom. The summed E-state index contributed by atoms with van der Waals surface area (Å²) in [6, 6.07) is 2.58. The number of carbonyl (C=O) groups is 1. The van der Waals surface area contributed by atoms with E-state index in [1.165, 1.54) is 12.1 Å². The maximum absolute atomic E-state index is 12.0. The summed E-state index contributed by atoms with van der Waals surface area (Å²) in [4.78, 5) is 13.2. The lowest BCUT2D eigenvalue weighted by molar-refractivity contribution is 0.0697. The standard InChI is InChI=1S/C14H18ClNO4S/c1-9-4-3-7-16(8-9)13-11(21(2,19)20)6-5-10(12(13)15)14(17)18/h5-6,9H,3-4,7-8H2,1-2H3,(H,17,18). The van der Waals surface area contributed by atoms with Crippen molar-refractivity contribution in [3.63, 3.8) is 0 Å². The average Bonchev–Trinajstić information content (AvgIpc) is 2.36. The van der Waals surface area contributed by atoms with Crippen molar-refractivity contribution in [2.24, 2.45) is 5.92 Å². The van der Waals surface area contributed by atoms with Crippen LogP contribution in [-0.4, -0.2) is 38.8 Å². The molecule has 0 amide bonds. The second kappa shape index (κ2) is 5.85. The molecule has 1 aliphatic rings. The molecule has 1 aromatic rings. The molecule has 7 heteroatoms. The fourth-order valence-electron chi connectivity index (χ4n) is 2.70. The Balaban J connectivity index is 2.64. The number of piperidine rings is 1. The van der Waals surface area contributed by atoms with Crippen LogP contribution in [0.25, 0.3) is 0 Å². The fraction of sp³-hybridized carbons (Fsp3) is 0.500. The number of rotatable bonds is 3. The van der Waals surface area contributed by atoms with Crippen LogP contribution in [0.15, 0.2) is 17.0 Å². The molecule has 116 valence electrons. The van der Waals surface area contributed by atoms with Gasteiger partial charge in [0.25, 0.3) is 0 Å². The molecule has 0 spiro atoms. The first kappa shape index (κ1) is 16.1. The molecule has 1 fully saturated rings. The zero-order chi connectivity index (χ0) is 15.8. The first-order valence-corrected chi connectivity index (χ1v) is 8.99. The maximum Gasteiger partial charge on any atom is 0.337 e. The van der Waals surface area contributed by atoms with E-state index in [4.69, 9.17) is 11.6 Å². The summed E-state index contributed by atoms with van der Waals surface area (Å²) in [5, 5.41) is 9.18. The van der Waals surface area contributed by atoms with Gasteiger partial charge in [-0.3, -0.25) is 0 Å². The van der Waals surface area contributed by atoms with Crippen molar-refractivity contribution in [3.8, 4) is 0 Å². The van der Waals surface area contributed by atoms with Crippen LogP contribution in [0.2, 0.25) is 5.02 Å². The van der Waals surface area contributed by atoms with E-state index in [0.717, 1.165) is 19.1 Å². The molecule has 0 saturated carbocycles. The van der Waals surface area contributed by atoms with Gasteiger partial charge in [-0.1, -0.05) is 18.5 Å². The molecule has 1 aromatic carbocycles. The summed E-state index contributed by atoms with van der Waals surface area (Å²) in [6.45, 7) is 3.43. The number of sulfone groups is 1. The third-order valence-corrected chi connectivity index (χ3v) is 5.19. The number of hydrogen-bond donors (Lipinski definition) is 1. The van der Waals surface area contributed by atoms with E-state index in [2.05, 4.69) is 6.92 Å².